The number of H-pyrrole nitrogens is 1. The Labute approximate surface area is 274 Å². The Balaban J connectivity index is 0.991. The third-order valence-electron chi connectivity index (χ3n) is 12.3. The van der Waals surface area contributed by atoms with Crippen LogP contribution in [0.1, 0.15) is 77.7 Å². The van der Waals surface area contributed by atoms with E-state index >= 15 is 0 Å². The average Bonchev–Trinajstić information content (AvgIpc) is 3.58. The number of nitrogens with zero attached hydrogens (tertiary/aromatic N) is 1. The lowest BCUT2D eigenvalue weighted by molar-refractivity contribution is -0.159. The van der Waals surface area contributed by atoms with Gasteiger partial charge in [0.05, 0.1) is 12.3 Å². The third-order valence-corrected chi connectivity index (χ3v) is 12.3. The van der Waals surface area contributed by atoms with E-state index in [1.165, 1.54) is 12.5 Å². The van der Waals surface area contributed by atoms with Gasteiger partial charge in [-0.2, -0.15) is 0 Å². The number of hydrogen-bond acceptors (Lipinski definition) is 7. The molecular weight excluding hydrogens is 600 g/mol. The van der Waals surface area contributed by atoms with E-state index in [0.29, 0.717) is 24.2 Å². The number of aliphatic hydroxyl groups is 1. The fourth-order valence-electron chi connectivity index (χ4n) is 9.61. The largest absolute Gasteiger partial charge is 0.480 e. The first-order valence-corrected chi connectivity index (χ1v) is 16.8. The van der Waals surface area contributed by atoms with E-state index in [1.807, 2.05) is 24.3 Å². The van der Waals surface area contributed by atoms with E-state index in [2.05, 4.69) is 40.7 Å². The number of rotatable bonds is 10. The number of para-hydroxylation sites is 1. The number of allylic oxidation sites excluding steroid dienone is 2. The van der Waals surface area contributed by atoms with Crippen molar-refractivity contribution in [3.63, 3.8) is 0 Å². The molecule has 2 amide bonds. The molecule has 6 rings (SSSR count). The van der Waals surface area contributed by atoms with Gasteiger partial charge >= 0.3 is 5.97 Å². The molecule has 11 nitrogen and oxygen atoms in total. The predicted molar refractivity (Wildman–Crippen MR) is 175 cm³/mol. The van der Waals surface area contributed by atoms with Crippen LogP contribution in [0.15, 0.2) is 47.3 Å². The van der Waals surface area contributed by atoms with Gasteiger partial charge in [0.15, 0.2) is 12.4 Å². The number of carbonyl (C=O) groups is 4. The second-order valence-electron chi connectivity index (χ2n) is 14.6. The van der Waals surface area contributed by atoms with Crippen LogP contribution < -0.4 is 10.6 Å². The van der Waals surface area contributed by atoms with Crippen LogP contribution in [0.2, 0.25) is 0 Å². The first-order valence-electron chi connectivity index (χ1n) is 16.8. The van der Waals surface area contributed by atoms with Gasteiger partial charge in [0, 0.05) is 28.9 Å². The van der Waals surface area contributed by atoms with Crippen molar-refractivity contribution in [1.82, 2.24) is 15.6 Å². The Bertz CT molecular complexity index is 1650. The van der Waals surface area contributed by atoms with Crippen molar-refractivity contribution in [1.29, 1.82) is 0 Å². The molecule has 7 atom stereocenters. The SMILES string of the molecule is CC(=O)[C@@]1(O)CCC2C3CCC4=C/C(=N\OCC(=O)NCC(=O)NC(Cc5c[nH]c6ccccc56)C(=O)O)CC[C@]4(C)C3CC[C@@]21C. The van der Waals surface area contributed by atoms with Crippen molar-refractivity contribution >= 4 is 40.2 Å². The summed E-state index contributed by atoms with van der Waals surface area (Å²) in [6, 6.07) is 6.37. The second-order valence-corrected chi connectivity index (χ2v) is 14.6. The van der Waals surface area contributed by atoms with Crippen LogP contribution in [-0.2, 0) is 30.4 Å². The summed E-state index contributed by atoms with van der Waals surface area (Å²) < 4.78 is 0. The Morgan fingerprint density at radius 3 is 2.57 bits per heavy atom. The topological polar surface area (TPSA) is 170 Å². The van der Waals surface area contributed by atoms with E-state index < -0.39 is 29.4 Å². The highest BCUT2D eigenvalue weighted by Gasteiger charge is 2.65. The van der Waals surface area contributed by atoms with Crippen molar-refractivity contribution in [2.24, 2.45) is 33.7 Å². The minimum atomic E-state index is -1.21. The zero-order valence-electron chi connectivity index (χ0n) is 27.4. The normalized spacial score (nSPS) is 32.8. The number of aromatic amines is 1. The summed E-state index contributed by atoms with van der Waals surface area (Å²) in [6.07, 6.45) is 10.9. The zero-order valence-corrected chi connectivity index (χ0v) is 27.4. The number of oxime groups is 1. The molecule has 5 N–H and O–H groups in total. The lowest BCUT2D eigenvalue weighted by Crippen LogP contribution is -2.57. The number of carboxylic acids is 1. The van der Waals surface area contributed by atoms with Gasteiger partial charge in [-0.25, -0.2) is 4.79 Å². The molecule has 1 aromatic heterocycles. The third kappa shape index (κ3) is 5.87. The Hall–Kier alpha value is -3.99. The lowest BCUT2D eigenvalue weighted by Gasteiger charge is -2.59. The molecule has 0 spiro atoms. The Morgan fingerprint density at radius 2 is 1.81 bits per heavy atom. The van der Waals surface area contributed by atoms with E-state index in [-0.39, 0.29) is 36.2 Å². The van der Waals surface area contributed by atoms with Gasteiger partial charge in [-0.1, -0.05) is 42.8 Å². The highest BCUT2D eigenvalue weighted by atomic mass is 16.6. The molecule has 0 radical (unpaired) electrons. The molecule has 1 aromatic carbocycles. The molecule has 1 heterocycles. The number of hydrogen-bond donors (Lipinski definition) is 5. The first kappa shape index (κ1) is 32.9. The maximum Gasteiger partial charge on any atom is 0.326 e. The number of aliphatic carboxylic acids is 1. The Morgan fingerprint density at radius 1 is 1.04 bits per heavy atom. The molecule has 4 unspecified atom stereocenters. The van der Waals surface area contributed by atoms with Crippen LogP contribution in [0.3, 0.4) is 0 Å². The molecule has 4 aliphatic carbocycles. The standard InChI is InChI=1S/C36H46N4O7/c1-21(41)36(46)15-12-28-26-9-8-23-17-24(10-13-34(23,2)27(26)11-14-35(28,36)3)40-47-20-32(43)38-19-31(42)39-30(33(44)45)16-22-18-37-29-7-5-4-6-25(22)29/h4-7,17-18,26-28,30,37,46H,8-16,19-20H2,1-3H3,(H,38,43)(H,39,42)(H,44,45)/b40-24-/t26?,27?,28?,30?,34-,35-,36-/m0/s1. The van der Waals surface area contributed by atoms with E-state index in [9.17, 15) is 29.4 Å². The number of benzene rings is 1. The monoisotopic (exact) mass is 646 g/mol. The summed E-state index contributed by atoms with van der Waals surface area (Å²) in [7, 11) is 0. The van der Waals surface area contributed by atoms with Crippen molar-refractivity contribution < 1.29 is 34.2 Å². The number of nitrogens with one attached hydrogen (secondary N) is 3. The van der Waals surface area contributed by atoms with Crippen LogP contribution in [0, 0.1) is 28.6 Å². The Kier molecular flexibility index (Phi) is 8.80. The molecule has 0 aliphatic heterocycles. The van der Waals surface area contributed by atoms with Crippen LogP contribution in [0.25, 0.3) is 10.9 Å². The van der Waals surface area contributed by atoms with Gasteiger partial charge < -0.3 is 30.7 Å². The second kappa shape index (κ2) is 12.6. The number of amides is 2. The fraction of sp³-hybridized carbons (Fsp3) is 0.583. The highest BCUT2D eigenvalue weighted by Crippen LogP contribution is 2.67. The van der Waals surface area contributed by atoms with Crippen LogP contribution in [0.5, 0.6) is 0 Å². The predicted octanol–water partition coefficient (Wildman–Crippen LogP) is 4.05. The number of fused-ring (bicyclic) bond motifs is 6. The summed E-state index contributed by atoms with van der Waals surface area (Å²) in [5.41, 5.74) is 2.27. The molecule has 0 bridgehead atoms. The number of carboxylic acid groups (broad SMARTS) is 1. The van der Waals surface area contributed by atoms with Crippen LogP contribution in [-0.4, -0.2) is 69.3 Å². The lowest BCUT2D eigenvalue weighted by atomic mass is 9.46. The van der Waals surface area contributed by atoms with Crippen molar-refractivity contribution in [3.05, 3.63) is 47.7 Å². The summed E-state index contributed by atoms with van der Waals surface area (Å²) >= 11 is 0. The van der Waals surface area contributed by atoms with Crippen LogP contribution >= 0.6 is 0 Å². The molecule has 4 aliphatic rings. The maximum atomic E-state index is 12.5. The van der Waals surface area contributed by atoms with Gasteiger partial charge in [-0.15, -0.1) is 0 Å². The molecule has 0 saturated heterocycles. The number of carbonyl (C=O) groups excluding carboxylic acids is 3. The van der Waals surface area contributed by atoms with Gasteiger partial charge in [-0.05, 0) is 99.2 Å². The van der Waals surface area contributed by atoms with Crippen molar-refractivity contribution in [2.45, 2.75) is 90.2 Å². The quantitative estimate of drug-likeness (QED) is 0.243. The smallest absolute Gasteiger partial charge is 0.326 e. The molecule has 2 aromatic rings. The zero-order chi connectivity index (χ0) is 33.6. The summed E-state index contributed by atoms with van der Waals surface area (Å²) in [5.74, 6) is -1.08. The van der Waals surface area contributed by atoms with E-state index in [4.69, 9.17) is 4.84 Å². The molecule has 11 heteroatoms. The van der Waals surface area contributed by atoms with E-state index in [1.54, 1.807) is 6.20 Å². The molecule has 3 fully saturated rings. The molecular formula is C36H46N4O7. The maximum absolute atomic E-state index is 12.5. The minimum Gasteiger partial charge on any atom is -0.480 e. The van der Waals surface area contributed by atoms with E-state index in [0.717, 1.165) is 67.1 Å². The number of ketones is 1. The van der Waals surface area contributed by atoms with Crippen molar-refractivity contribution in [3.8, 4) is 0 Å². The molecule has 252 valence electrons. The van der Waals surface area contributed by atoms with Gasteiger partial charge in [-0.3, -0.25) is 14.4 Å². The fourth-order valence-corrected chi connectivity index (χ4v) is 9.61. The minimum absolute atomic E-state index is 0.0347. The average molecular weight is 647 g/mol. The highest BCUT2D eigenvalue weighted by molar-refractivity contribution is 5.96. The molecule has 47 heavy (non-hydrogen) atoms. The first-order chi connectivity index (χ1) is 22.4. The number of Topliss-reactive ketones (excluding diaryl/α,β-unsaturated/α-hetero) is 1. The summed E-state index contributed by atoms with van der Waals surface area (Å²) in [5, 5.41) is 31.1. The number of aromatic nitrogens is 1. The summed E-state index contributed by atoms with van der Waals surface area (Å²) in [6.45, 7) is 5.29. The molecule has 3 saturated carbocycles. The summed E-state index contributed by atoms with van der Waals surface area (Å²) in [4.78, 5) is 57.7. The van der Waals surface area contributed by atoms with Gasteiger partial charge in [0.25, 0.3) is 5.91 Å². The van der Waals surface area contributed by atoms with Gasteiger partial charge in [0.1, 0.15) is 11.6 Å². The van der Waals surface area contributed by atoms with Crippen molar-refractivity contribution in [2.75, 3.05) is 13.2 Å². The van der Waals surface area contributed by atoms with Gasteiger partial charge in [0.2, 0.25) is 5.91 Å². The van der Waals surface area contributed by atoms with Crippen LogP contribution in [0.4, 0.5) is 0 Å².